The van der Waals surface area contributed by atoms with Crippen LogP contribution in [0.5, 0.6) is 0 Å². The molecule has 12 rings (SSSR count). The van der Waals surface area contributed by atoms with Crippen molar-refractivity contribution in [2.75, 3.05) is 4.90 Å². The summed E-state index contributed by atoms with van der Waals surface area (Å²) in [6.45, 7) is 4.75. The summed E-state index contributed by atoms with van der Waals surface area (Å²) in [5.41, 5.74) is 19.7. The second-order valence-corrected chi connectivity index (χ2v) is 16.5. The monoisotopic (exact) mass is 752 g/mol. The van der Waals surface area contributed by atoms with E-state index in [2.05, 4.69) is 229 Å². The molecule has 2 nitrogen and oxygen atoms in total. The number of rotatable bonds is 6. The Hall–Kier alpha value is -7.42. The van der Waals surface area contributed by atoms with Gasteiger partial charge in [0.2, 0.25) is 0 Å². The summed E-state index contributed by atoms with van der Waals surface area (Å²) in [4.78, 5) is 2.50. The zero-order valence-corrected chi connectivity index (χ0v) is 33.0. The number of aromatic nitrogens is 1. The molecule has 11 aromatic rings. The minimum Gasteiger partial charge on any atom is -0.310 e. The number of anilines is 3. The average Bonchev–Trinajstić information content (AvgIpc) is 3.90. The molecule has 0 amide bonds. The first-order valence-corrected chi connectivity index (χ1v) is 20.6. The van der Waals surface area contributed by atoms with E-state index in [1.807, 2.05) is 0 Å². The van der Waals surface area contributed by atoms with E-state index in [9.17, 15) is 0 Å². The minimum atomic E-state index is -0.107. The van der Waals surface area contributed by atoms with Gasteiger partial charge in [-0.3, -0.25) is 0 Å². The van der Waals surface area contributed by atoms with Crippen molar-refractivity contribution in [3.63, 3.8) is 0 Å². The molecule has 0 aliphatic heterocycles. The molecule has 2 heterocycles. The van der Waals surface area contributed by atoms with Crippen LogP contribution in [0.2, 0.25) is 0 Å². The van der Waals surface area contributed by atoms with E-state index in [1.54, 1.807) is 0 Å². The van der Waals surface area contributed by atoms with E-state index in [0.29, 0.717) is 0 Å². The highest BCUT2D eigenvalue weighted by atomic mass is 15.1. The Morgan fingerprint density at radius 1 is 0.390 bits per heavy atom. The summed E-state index contributed by atoms with van der Waals surface area (Å²) in [7, 11) is 0. The van der Waals surface area contributed by atoms with Gasteiger partial charge in [0.05, 0.1) is 22.2 Å². The van der Waals surface area contributed by atoms with Crippen LogP contribution in [0, 0.1) is 0 Å². The van der Waals surface area contributed by atoms with Gasteiger partial charge < -0.3 is 9.30 Å². The van der Waals surface area contributed by atoms with E-state index in [0.717, 1.165) is 17.1 Å². The predicted octanol–water partition coefficient (Wildman–Crippen LogP) is 15.6. The molecule has 0 unspecified atom stereocenters. The van der Waals surface area contributed by atoms with Gasteiger partial charge in [0, 0.05) is 38.3 Å². The molecule has 0 bridgehead atoms. The molecule has 59 heavy (non-hydrogen) atoms. The lowest BCUT2D eigenvalue weighted by Crippen LogP contribution is -2.16. The highest BCUT2D eigenvalue weighted by molar-refractivity contribution is 6.27. The maximum atomic E-state index is 2.50. The van der Waals surface area contributed by atoms with Crippen LogP contribution >= 0.6 is 0 Å². The normalized spacial score (nSPS) is 13.1. The van der Waals surface area contributed by atoms with Crippen molar-refractivity contribution < 1.29 is 0 Å². The predicted molar refractivity (Wildman–Crippen MR) is 250 cm³/mol. The van der Waals surface area contributed by atoms with E-state index in [-0.39, 0.29) is 5.41 Å². The third kappa shape index (κ3) is 5.00. The average molecular weight is 753 g/mol. The first-order valence-electron chi connectivity index (χ1n) is 20.6. The smallest absolute Gasteiger partial charge is 0.0641 e. The summed E-state index contributed by atoms with van der Waals surface area (Å²) >= 11 is 0. The Kier molecular flexibility index (Phi) is 7.31. The lowest BCUT2D eigenvalue weighted by molar-refractivity contribution is 0.662. The Labute approximate surface area is 344 Å². The molecule has 9 aromatic carbocycles. The quantitative estimate of drug-likeness (QED) is 0.164. The highest BCUT2D eigenvalue weighted by Gasteiger charge is 2.37. The number of benzene rings is 9. The molecule has 278 valence electrons. The van der Waals surface area contributed by atoms with E-state index in [4.69, 9.17) is 0 Å². The van der Waals surface area contributed by atoms with Gasteiger partial charge in [0.25, 0.3) is 0 Å². The van der Waals surface area contributed by atoms with Crippen LogP contribution < -0.4 is 4.90 Å². The summed E-state index contributed by atoms with van der Waals surface area (Å²) in [5, 5.41) is 5.05. The Morgan fingerprint density at radius 3 is 1.68 bits per heavy atom. The van der Waals surface area contributed by atoms with Gasteiger partial charge in [-0.25, -0.2) is 0 Å². The summed E-state index contributed by atoms with van der Waals surface area (Å²) in [6, 6.07) is 76.1. The zero-order valence-electron chi connectivity index (χ0n) is 33.0. The fraction of sp³-hybridized carbons (Fsp3) is 0.0526. The molecule has 0 fully saturated rings. The first-order chi connectivity index (χ1) is 29.0. The molecular formula is C57H40N2. The molecule has 0 atom stereocenters. The molecule has 0 saturated carbocycles. The van der Waals surface area contributed by atoms with Crippen LogP contribution in [0.4, 0.5) is 17.1 Å². The van der Waals surface area contributed by atoms with E-state index in [1.165, 1.54) is 93.7 Å². The number of fused-ring (bicyclic) bond motifs is 9. The van der Waals surface area contributed by atoms with Gasteiger partial charge >= 0.3 is 0 Å². The number of hydrogen-bond acceptors (Lipinski definition) is 1. The van der Waals surface area contributed by atoms with Crippen molar-refractivity contribution >= 4 is 55.2 Å². The lowest BCUT2D eigenvalue weighted by atomic mass is 9.79. The molecular weight excluding hydrogens is 713 g/mol. The third-order valence-corrected chi connectivity index (χ3v) is 12.9. The van der Waals surface area contributed by atoms with Crippen LogP contribution in [0.1, 0.15) is 25.0 Å². The van der Waals surface area contributed by atoms with Crippen LogP contribution in [0.25, 0.3) is 82.6 Å². The molecule has 1 aliphatic rings. The summed E-state index contributed by atoms with van der Waals surface area (Å²) < 4.78 is 2.48. The molecule has 0 saturated heterocycles. The second kappa shape index (κ2) is 12.8. The van der Waals surface area contributed by atoms with Crippen LogP contribution in [-0.4, -0.2) is 4.40 Å². The molecule has 2 heteroatoms. The first kappa shape index (κ1) is 33.7. The Balaban J connectivity index is 1.12. The van der Waals surface area contributed by atoms with Crippen LogP contribution in [0.3, 0.4) is 0 Å². The lowest BCUT2D eigenvalue weighted by Gasteiger charge is -2.28. The molecule has 2 aromatic heterocycles. The number of para-hydroxylation sites is 2. The standard InChI is InChI=1S/C57H40N2/c1-57(2)50-25-12-9-20-45(50)47-24-15-23-44(55(47)57)39-28-30-42(31-29-39)58(43-35-40(37-16-5-3-6-17-37)34-41(36-43)38-18-7-4-8-19-38)53-33-32-48-46-21-10-13-26-51(46)59-52-27-14-11-22-49(52)54(53)56(48)59/h3-36H,1-2H3. The summed E-state index contributed by atoms with van der Waals surface area (Å²) in [6.07, 6.45) is 0. The number of nitrogens with zero attached hydrogens (tertiary/aromatic N) is 2. The maximum absolute atomic E-state index is 2.50. The van der Waals surface area contributed by atoms with Crippen LogP contribution in [-0.2, 0) is 5.41 Å². The second-order valence-electron chi connectivity index (χ2n) is 16.5. The topological polar surface area (TPSA) is 7.65 Å². The number of hydrogen-bond donors (Lipinski definition) is 0. The zero-order chi connectivity index (χ0) is 39.2. The van der Waals surface area contributed by atoms with Crippen molar-refractivity contribution in [2.24, 2.45) is 0 Å². The van der Waals surface area contributed by atoms with Crippen LogP contribution in [0.15, 0.2) is 206 Å². The van der Waals surface area contributed by atoms with Gasteiger partial charge in [-0.15, -0.1) is 0 Å². The van der Waals surface area contributed by atoms with Crippen molar-refractivity contribution in [1.29, 1.82) is 0 Å². The van der Waals surface area contributed by atoms with Crippen molar-refractivity contribution in [2.45, 2.75) is 19.3 Å². The fourth-order valence-corrected chi connectivity index (χ4v) is 10.3. The van der Waals surface area contributed by atoms with Crippen molar-refractivity contribution in [3.05, 3.63) is 217 Å². The summed E-state index contributed by atoms with van der Waals surface area (Å²) in [5.74, 6) is 0. The SMILES string of the molecule is CC1(C)c2ccccc2-c2cccc(-c3ccc(N(c4cc(-c5ccccc5)cc(-c5ccccc5)c4)c4ccc5c6ccccc6n6c7ccccc7c4c56)cc3)c21. The van der Waals surface area contributed by atoms with Gasteiger partial charge in [0.15, 0.2) is 0 Å². The molecule has 0 N–H and O–H groups in total. The van der Waals surface area contributed by atoms with E-state index < -0.39 is 0 Å². The largest absolute Gasteiger partial charge is 0.310 e. The van der Waals surface area contributed by atoms with Gasteiger partial charge in [0.1, 0.15) is 0 Å². The highest BCUT2D eigenvalue weighted by Crippen LogP contribution is 2.53. The molecule has 1 aliphatic carbocycles. The van der Waals surface area contributed by atoms with Gasteiger partial charge in [-0.1, -0.05) is 172 Å². The fourth-order valence-electron chi connectivity index (χ4n) is 10.3. The minimum absolute atomic E-state index is 0.107. The van der Waals surface area contributed by atoms with Gasteiger partial charge in [-0.2, -0.15) is 0 Å². The van der Waals surface area contributed by atoms with Gasteiger partial charge in [-0.05, 0) is 104 Å². The third-order valence-electron chi connectivity index (χ3n) is 12.9. The van der Waals surface area contributed by atoms with Crippen molar-refractivity contribution in [1.82, 2.24) is 4.40 Å². The van der Waals surface area contributed by atoms with E-state index >= 15 is 0 Å². The molecule has 0 spiro atoms. The Morgan fingerprint density at radius 2 is 0.966 bits per heavy atom. The molecule has 0 radical (unpaired) electrons. The Bertz CT molecular complexity index is 3330. The maximum Gasteiger partial charge on any atom is 0.0641 e. The van der Waals surface area contributed by atoms with Crippen molar-refractivity contribution in [3.8, 4) is 44.5 Å².